The van der Waals surface area contributed by atoms with Crippen molar-refractivity contribution in [2.24, 2.45) is 4.99 Å². The molecule has 0 unspecified atom stereocenters. The quantitative estimate of drug-likeness (QED) is 0.306. The maximum Gasteiger partial charge on any atom is 0.433 e. The molecular formula is C22H17N3O8S. The Morgan fingerprint density at radius 3 is 2.85 bits per heavy atom. The largest absolute Gasteiger partial charge is 0.463 e. The molecule has 4 heterocycles. The lowest BCUT2D eigenvalue weighted by Crippen LogP contribution is -2.35. The number of fused-ring (bicyclic) bond motifs is 2. The van der Waals surface area contributed by atoms with Gasteiger partial charge in [0.25, 0.3) is 5.56 Å². The van der Waals surface area contributed by atoms with E-state index in [4.69, 9.17) is 23.6 Å². The normalized spacial score (nSPS) is 16.9. The highest BCUT2D eigenvalue weighted by molar-refractivity contribution is 7.07. The van der Waals surface area contributed by atoms with Crippen LogP contribution in [0, 0.1) is 10.1 Å². The molecule has 0 aliphatic carbocycles. The second kappa shape index (κ2) is 8.30. The van der Waals surface area contributed by atoms with Crippen molar-refractivity contribution in [3.8, 4) is 11.5 Å². The van der Waals surface area contributed by atoms with Crippen LogP contribution in [0.3, 0.4) is 0 Å². The molecule has 174 valence electrons. The number of nitrogens with zero attached hydrogens (tertiary/aromatic N) is 3. The molecule has 1 aromatic carbocycles. The Bertz CT molecular complexity index is 1540. The van der Waals surface area contributed by atoms with E-state index in [9.17, 15) is 19.7 Å². The fourth-order valence-electron chi connectivity index (χ4n) is 3.79. The summed E-state index contributed by atoms with van der Waals surface area (Å²) in [6.07, 6.45) is 1.41. The van der Waals surface area contributed by atoms with Gasteiger partial charge >= 0.3 is 11.9 Å². The molecule has 3 aromatic rings. The lowest BCUT2D eigenvalue weighted by molar-refractivity contribution is -0.402. The van der Waals surface area contributed by atoms with Gasteiger partial charge in [0.15, 0.2) is 16.3 Å². The summed E-state index contributed by atoms with van der Waals surface area (Å²) >= 11 is 1.09. The first kappa shape index (κ1) is 21.6. The highest BCUT2D eigenvalue weighted by Gasteiger charge is 2.32. The van der Waals surface area contributed by atoms with Gasteiger partial charge in [-0.2, -0.15) is 0 Å². The van der Waals surface area contributed by atoms with E-state index in [1.54, 1.807) is 32.0 Å². The van der Waals surface area contributed by atoms with E-state index in [0.717, 1.165) is 11.3 Å². The Kier molecular flexibility index (Phi) is 5.28. The van der Waals surface area contributed by atoms with Crippen LogP contribution in [0.15, 0.2) is 50.1 Å². The first-order chi connectivity index (χ1) is 16.4. The van der Waals surface area contributed by atoms with Crippen molar-refractivity contribution >= 4 is 35.0 Å². The van der Waals surface area contributed by atoms with Gasteiger partial charge in [0.1, 0.15) is 21.3 Å². The summed E-state index contributed by atoms with van der Waals surface area (Å²) in [6.45, 7) is 3.61. The fourth-order valence-corrected chi connectivity index (χ4v) is 4.81. The standard InChI is InChI=1S/C22H17N3O8S/c1-3-30-21(27)18-11(2)24-20(26)16(9-13-5-7-17(33-13)25(28)29)34-22(24)23-19(18)12-4-6-14-15(8-12)32-10-31-14/h4-9,19H,3,10H2,1-2H3/b16-9+/t19-/m0/s1. The number of esters is 1. The summed E-state index contributed by atoms with van der Waals surface area (Å²) < 4.78 is 22.8. The SMILES string of the molecule is CCOC(=O)C1=C(C)n2c(s/c(=C/c3ccc([N+](=O)[O-])o3)c2=O)=N[C@H]1c1ccc2c(c1)OCO2. The number of benzene rings is 1. The van der Waals surface area contributed by atoms with Gasteiger partial charge in [-0.25, -0.2) is 9.79 Å². The molecule has 11 nitrogen and oxygen atoms in total. The molecule has 0 spiro atoms. The van der Waals surface area contributed by atoms with Crippen LogP contribution in [0.5, 0.6) is 11.5 Å². The molecule has 0 amide bonds. The Morgan fingerprint density at radius 1 is 1.32 bits per heavy atom. The minimum Gasteiger partial charge on any atom is -0.463 e. The molecular weight excluding hydrogens is 466 g/mol. The number of carbonyl (C=O) groups is 1. The van der Waals surface area contributed by atoms with E-state index in [0.29, 0.717) is 27.6 Å². The van der Waals surface area contributed by atoms with Gasteiger partial charge in [-0.3, -0.25) is 19.5 Å². The number of furan rings is 1. The summed E-state index contributed by atoms with van der Waals surface area (Å²) in [7, 11) is 0. The van der Waals surface area contributed by atoms with E-state index in [2.05, 4.69) is 0 Å². The summed E-state index contributed by atoms with van der Waals surface area (Å²) in [6, 6.07) is 7.15. The average Bonchev–Trinajstić information content (AvgIpc) is 3.53. The van der Waals surface area contributed by atoms with Crippen LogP contribution in [-0.4, -0.2) is 28.9 Å². The zero-order chi connectivity index (χ0) is 24.0. The summed E-state index contributed by atoms with van der Waals surface area (Å²) in [5, 5.41) is 10.9. The minimum atomic E-state index is -0.732. The lowest BCUT2D eigenvalue weighted by Gasteiger charge is -2.22. The van der Waals surface area contributed by atoms with Crippen LogP contribution in [0.2, 0.25) is 0 Å². The fraction of sp³-hybridized carbons (Fsp3) is 0.227. The van der Waals surface area contributed by atoms with Gasteiger partial charge < -0.3 is 18.6 Å². The predicted molar refractivity (Wildman–Crippen MR) is 119 cm³/mol. The molecule has 2 aliphatic heterocycles. The highest BCUT2D eigenvalue weighted by atomic mass is 32.1. The van der Waals surface area contributed by atoms with Gasteiger partial charge in [-0.1, -0.05) is 17.4 Å². The topological polar surface area (TPSA) is 135 Å². The molecule has 12 heteroatoms. The highest BCUT2D eigenvalue weighted by Crippen LogP contribution is 2.38. The zero-order valence-corrected chi connectivity index (χ0v) is 18.8. The number of nitro groups is 1. The Morgan fingerprint density at radius 2 is 2.12 bits per heavy atom. The lowest BCUT2D eigenvalue weighted by atomic mass is 9.96. The first-order valence-electron chi connectivity index (χ1n) is 10.2. The molecule has 0 saturated heterocycles. The third-order valence-corrected chi connectivity index (χ3v) is 6.30. The first-order valence-corrected chi connectivity index (χ1v) is 11.0. The van der Waals surface area contributed by atoms with E-state index in [1.807, 2.05) is 0 Å². The monoisotopic (exact) mass is 483 g/mol. The smallest absolute Gasteiger partial charge is 0.433 e. The van der Waals surface area contributed by atoms with Gasteiger partial charge in [-0.05, 0) is 37.6 Å². The van der Waals surface area contributed by atoms with Crippen LogP contribution in [-0.2, 0) is 9.53 Å². The maximum atomic E-state index is 13.2. The molecule has 1 atom stereocenters. The molecule has 5 rings (SSSR count). The van der Waals surface area contributed by atoms with Crippen molar-refractivity contribution in [1.82, 2.24) is 4.57 Å². The predicted octanol–water partition coefficient (Wildman–Crippen LogP) is 2.14. The number of thiazole rings is 1. The summed E-state index contributed by atoms with van der Waals surface area (Å²) in [4.78, 5) is 41.4. The van der Waals surface area contributed by atoms with Crippen LogP contribution >= 0.6 is 11.3 Å². The molecule has 2 aromatic heterocycles. The average molecular weight is 483 g/mol. The number of carbonyl (C=O) groups excluding carboxylic acids is 1. The third kappa shape index (κ3) is 3.57. The summed E-state index contributed by atoms with van der Waals surface area (Å²) in [5.74, 6) is 0.275. The van der Waals surface area contributed by atoms with Crippen molar-refractivity contribution in [2.75, 3.05) is 13.4 Å². The second-order valence-electron chi connectivity index (χ2n) is 7.33. The Hall–Kier alpha value is -4.19. The van der Waals surface area contributed by atoms with Crippen molar-refractivity contribution in [3.05, 3.63) is 77.0 Å². The van der Waals surface area contributed by atoms with Gasteiger partial charge in [0.05, 0.1) is 18.2 Å². The van der Waals surface area contributed by atoms with Gasteiger partial charge in [0, 0.05) is 11.8 Å². The van der Waals surface area contributed by atoms with E-state index < -0.39 is 28.4 Å². The number of hydrogen-bond donors (Lipinski definition) is 0. The molecule has 2 aliphatic rings. The van der Waals surface area contributed by atoms with Gasteiger partial charge in [0.2, 0.25) is 6.79 Å². The Balaban J connectivity index is 1.68. The molecule has 34 heavy (non-hydrogen) atoms. The van der Waals surface area contributed by atoms with Crippen LogP contribution in [0.1, 0.15) is 31.2 Å². The molecule has 0 radical (unpaired) electrons. The molecule has 0 saturated carbocycles. The number of aromatic nitrogens is 1. The van der Waals surface area contributed by atoms with Crippen molar-refractivity contribution in [1.29, 1.82) is 0 Å². The third-order valence-electron chi connectivity index (χ3n) is 5.32. The number of rotatable bonds is 5. The number of allylic oxidation sites excluding steroid dienone is 1. The van der Waals surface area contributed by atoms with E-state index in [-0.39, 0.29) is 29.3 Å². The summed E-state index contributed by atoms with van der Waals surface area (Å²) in [5.41, 5.74) is 0.864. The zero-order valence-electron chi connectivity index (χ0n) is 18.0. The molecule has 0 fully saturated rings. The van der Waals surface area contributed by atoms with E-state index >= 15 is 0 Å². The van der Waals surface area contributed by atoms with Crippen LogP contribution in [0.4, 0.5) is 5.88 Å². The van der Waals surface area contributed by atoms with Crippen molar-refractivity contribution in [2.45, 2.75) is 19.9 Å². The van der Waals surface area contributed by atoms with Crippen molar-refractivity contribution in [3.63, 3.8) is 0 Å². The molecule has 0 bridgehead atoms. The molecule has 0 N–H and O–H groups in total. The van der Waals surface area contributed by atoms with Crippen LogP contribution in [0.25, 0.3) is 11.8 Å². The number of ether oxygens (including phenoxy) is 3. The van der Waals surface area contributed by atoms with Crippen LogP contribution < -0.4 is 24.4 Å². The number of hydrogen-bond acceptors (Lipinski definition) is 10. The Labute approximate surface area is 195 Å². The van der Waals surface area contributed by atoms with Crippen molar-refractivity contribution < 1.29 is 28.3 Å². The minimum absolute atomic E-state index is 0.106. The van der Waals surface area contributed by atoms with Gasteiger partial charge in [-0.15, -0.1) is 0 Å². The maximum absolute atomic E-state index is 13.2. The van der Waals surface area contributed by atoms with E-state index in [1.165, 1.54) is 22.8 Å². The second-order valence-corrected chi connectivity index (χ2v) is 8.34.